The van der Waals surface area contributed by atoms with E-state index in [1.54, 1.807) is 11.3 Å². The lowest BCUT2D eigenvalue weighted by Crippen LogP contribution is -2.23. The number of nitrogens with one attached hydrogen (secondary N) is 1. The van der Waals surface area contributed by atoms with Crippen LogP contribution in [0.15, 0.2) is 12.1 Å². The number of carboxylic acids is 1. The van der Waals surface area contributed by atoms with Crippen LogP contribution < -0.4 is 5.32 Å². The van der Waals surface area contributed by atoms with Crippen LogP contribution in [-0.4, -0.2) is 22.1 Å². The standard InChI is InChI=1S/C17H18N2O2S/c1-7-3-11-12(4-8(7)2)22-16(18-11)19-14-9-5-10-13(14)17(10,6-9)15(20)21/h3-4,9-10,13-14H,5-6H2,1-2H3,(H,18,19)(H,20,21). The molecule has 5 atom stereocenters. The smallest absolute Gasteiger partial charge is 0.310 e. The van der Waals surface area contributed by atoms with E-state index in [9.17, 15) is 9.90 Å². The number of aromatic nitrogens is 1. The Labute approximate surface area is 132 Å². The molecule has 114 valence electrons. The summed E-state index contributed by atoms with van der Waals surface area (Å²) in [7, 11) is 0. The van der Waals surface area contributed by atoms with Gasteiger partial charge in [0.1, 0.15) is 0 Å². The van der Waals surface area contributed by atoms with Crippen molar-refractivity contribution in [3.8, 4) is 0 Å². The molecule has 0 aliphatic heterocycles. The van der Waals surface area contributed by atoms with Gasteiger partial charge in [0.2, 0.25) is 0 Å². The van der Waals surface area contributed by atoms with E-state index in [1.165, 1.54) is 15.8 Å². The average Bonchev–Trinajstić information content (AvgIpc) is 2.92. The lowest BCUT2D eigenvalue weighted by molar-refractivity contribution is -0.143. The van der Waals surface area contributed by atoms with Gasteiger partial charge in [-0.3, -0.25) is 4.79 Å². The first kappa shape index (κ1) is 12.9. The van der Waals surface area contributed by atoms with Crippen molar-refractivity contribution in [2.45, 2.75) is 32.7 Å². The largest absolute Gasteiger partial charge is 0.481 e. The number of hydrogen-bond donors (Lipinski definition) is 2. The van der Waals surface area contributed by atoms with Crippen molar-refractivity contribution in [3.63, 3.8) is 0 Å². The Morgan fingerprint density at radius 1 is 1.41 bits per heavy atom. The summed E-state index contributed by atoms with van der Waals surface area (Å²) in [6, 6.07) is 4.64. The van der Waals surface area contributed by atoms with Crippen LogP contribution in [0.3, 0.4) is 0 Å². The van der Waals surface area contributed by atoms with Crippen molar-refractivity contribution in [1.82, 2.24) is 4.98 Å². The number of rotatable bonds is 3. The van der Waals surface area contributed by atoms with Gasteiger partial charge in [-0.1, -0.05) is 11.3 Å². The zero-order valence-electron chi connectivity index (χ0n) is 12.6. The maximum atomic E-state index is 11.6. The molecule has 4 aliphatic carbocycles. The number of hydrogen-bond acceptors (Lipinski definition) is 4. The Balaban J connectivity index is 1.45. The highest BCUT2D eigenvalue weighted by Gasteiger charge is 2.82. The fraction of sp³-hybridized carbons (Fsp3) is 0.529. The number of nitrogens with zero attached hydrogens (tertiary/aromatic N) is 1. The monoisotopic (exact) mass is 314 g/mol. The molecule has 0 amide bonds. The van der Waals surface area contributed by atoms with E-state index < -0.39 is 11.4 Å². The number of carbonyl (C=O) groups is 1. The molecule has 0 saturated heterocycles. The van der Waals surface area contributed by atoms with Gasteiger partial charge >= 0.3 is 5.97 Å². The molecule has 2 N–H and O–H groups in total. The molecule has 1 aromatic heterocycles. The lowest BCUT2D eigenvalue weighted by atomic mass is 10.1. The highest BCUT2D eigenvalue weighted by molar-refractivity contribution is 7.22. The Bertz CT molecular complexity index is 790. The molecule has 4 saturated carbocycles. The zero-order chi connectivity index (χ0) is 15.2. The van der Waals surface area contributed by atoms with Crippen molar-refractivity contribution in [2.24, 2.45) is 23.2 Å². The number of thiazole rings is 1. The third-order valence-corrected chi connectivity index (χ3v) is 7.27. The molecule has 2 aromatic rings. The first-order chi connectivity index (χ1) is 10.5. The van der Waals surface area contributed by atoms with Crippen LogP contribution in [-0.2, 0) is 4.79 Å². The van der Waals surface area contributed by atoms with Crippen LogP contribution in [0.4, 0.5) is 5.13 Å². The Morgan fingerprint density at radius 2 is 2.18 bits per heavy atom. The Hall–Kier alpha value is -1.62. The molecule has 0 spiro atoms. The summed E-state index contributed by atoms with van der Waals surface area (Å²) < 4.78 is 1.20. The quantitative estimate of drug-likeness (QED) is 0.911. The molecule has 4 nitrogen and oxygen atoms in total. The van der Waals surface area contributed by atoms with E-state index in [2.05, 4.69) is 31.3 Å². The van der Waals surface area contributed by atoms with E-state index in [1.807, 2.05) is 0 Å². The minimum atomic E-state index is -0.579. The summed E-state index contributed by atoms with van der Waals surface area (Å²) in [6.45, 7) is 4.23. The summed E-state index contributed by atoms with van der Waals surface area (Å²) in [5.41, 5.74) is 3.20. The summed E-state index contributed by atoms with van der Waals surface area (Å²) in [5, 5.41) is 14.1. The summed E-state index contributed by atoms with van der Waals surface area (Å²) in [5.74, 6) is 0.670. The molecule has 5 unspecified atom stereocenters. The molecular weight excluding hydrogens is 296 g/mol. The third kappa shape index (κ3) is 1.38. The minimum Gasteiger partial charge on any atom is -0.481 e. The molecule has 4 bridgehead atoms. The third-order valence-electron chi connectivity index (χ3n) is 6.32. The fourth-order valence-electron chi connectivity index (χ4n) is 5.16. The maximum Gasteiger partial charge on any atom is 0.310 e. The molecule has 4 fully saturated rings. The SMILES string of the molecule is Cc1cc2nc(NC3C4CC5C3C5(C(=O)O)C4)sc2cc1C. The van der Waals surface area contributed by atoms with Gasteiger partial charge in [0, 0.05) is 6.04 Å². The van der Waals surface area contributed by atoms with Gasteiger partial charge in [0.15, 0.2) is 5.13 Å². The van der Waals surface area contributed by atoms with Crippen LogP contribution in [0.1, 0.15) is 24.0 Å². The van der Waals surface area contributed by atoms with Gasteiger partial charge in [-0.15, -0.1) is 0 Å². The van der Waals surface area contributed by atoms with Crippen molar-refractivity contribution < 1.29 is 9.90 Å². The first-order valence-corrected chi connectivity index (χ1v) is 8.70. The fourth-order valence-corrected chi connectivity index (χ4v) is 6.15. The van der Waals surface area contributed by atoms with Crippen LogP contribution in [0.25, 0.3) is 10.2 Å². The highest BCUT2D eigenvalue weighted by Crippen LogP contribution is 2.79. The average molecular weight is 314 g/mol. The summed E-state index contributed by atoms with van der Waals surface area (Å²) in [4.78, 5) is 16.3. The molecule has 0 radical (unpaired) electrons. The van der Waals surface area contributed by atoms with Crippen LogP contribution in [0.2, 0.25) is 0 Å². The predicted octanol–water partition coefficient (Wildman–Crippen LogP) is 3.43. The van der Waals surface area contributed by atoms with E-state index >= 15 is 0 Å². The molecule has 6 rings (SSSR count). The zero-order valence-corrected chi connectivity index (χ0v) is 13.4. The second-order valence-corrected chi connectivity index (χ2v) is 8.30. The van der Waals surface area contributed by atoms with Gasteiger partial charge in [-0.25, -0.2) is 4.98 Å². The van der Waals surface area contributed by atoms with Crippen molar-refractivity contribution in [2.75, 3.05) is 5.32 Å². The lowest BCUT2D eigenvalue weighted by Gasteiger charge is -2.15. The van der Waals surface area contributed by atoms with E-state index in [0.717, 1.165) is 23.5 Å². The predicted molar refractivity (Wildman–Crippen MR) is 86.3 cm³/mol. The van der Waals surface area contributed by atoms with Crippen molar-refractivity contribution in [3.05, 3.63) is 23.3 Å². The van der Waals surface area contributed by atoms with E-state index in [-0.39, 0.29) is 0 Å². The Morgan fingerprint density at radius 3 is 2.86 bits per heavy atom. The number of fused-ring (bicyclic) bond motifs is 1. The molecule has 5 heteroatoms. The second-order valence-electron chi connectivity index (χ2n) is 7.27. The van der Waals surface area contributed by atoms with Gasteiger partial charge in [-0.2, -0.15) is 0 Å². The molecular formula is C17H18N2O2S. The molecule has 22 heavy (non-hydrogen) atoms. The molecule has 1 aromatic carbocycles. The van der Waals surface area contributed by atoms with Crippen molar-refractivity contribution in [1.29, 1.82) is 0 Å². The topological polar surface area (TPSA) is 62.2 Å². The Kier molecular flexibility index (Phi) is 2.24. The minimum absolute atomic E-state index is 0.309. The number of carboxylic acid groups (broad SMARTS) is 1. The highest BCUT2D eigenvalue weighted by atomic mass is 32.1. The number of aliphatic carboxylic acids is 1. The number of aryl methyl sites for hydroxylation is 2. The van der Waals surface area contributed by atoms with E-state index in [0.29, 0.717) is 23.8 Å². The van der Waals surface area contributed by atoms with Gasteiger partial charge < -0.3 is 10.4 Å². The van der Waals surface area contributed by atoms with Gasteiger partial charge in [0.25, 0.3) is 0 Å². The van der Waals surface area contributed by atoms with Crippen molar-refractivity contribution >= 4 is 32.7 Å². The second kappa shape index (κ2) is 3.82. The number of benzene rings is 1. The summed E-state index contributed by atoms with van der Waals surface area (Å²) >= 11 is 1.69. The van der Waals surface area contributed by atoms with Crippen LogP contribution in [0, 0.1) is 37.0 Å². The number of anilines is 1. The maximum absolute atomic E-state index is 11.6. The summed E-state index contributed by atoms with van der Waals surface area (Å²) in [6.07, 6.45) is 1.94. The van der Waals surface area contributed by atoms with Gasteiger partial charge in [-0.05, 0) is 67.7 Å². The van der Waals surface area contributed by atoms with Crippen LogP contribution >= 0.6 is 11.3 Å². The van der Waals surface area contributed by atoms with E-state index in [4.69, 9.17) is 4.98 Å². The molecule has 4 aliphatic rings. The van der Waals surface area contributed by atoms with Gasteiger partial charge in [0.05, 0.1) is 15.6 Å². The first-order valence-electron chi connectivity index (χ1n) is 7.88. The van der Waals surface area contributed by atoms with Crippen LogP contribution in [0.5, 0.6) is 0 Å². The normalized spacial score (nSPS) is 37.7. The molecule has 1 heterocycles.